The molecule has 108 valence electrons. The lowest BCUT2D eigenvalue weighted by Crippen LogP contribution is -2.27. The molecule has 0 aliphatic rings. The van der Waals surface area contributed by atoms with Gasteiger partial charge in [0.15, 0.2) is 0 Å². The Morgan fingerprint density at radius 1 is 1.40 bits per heavy atom. The third kappa shape index (κ3) is 2.93. The van der Waals surface area contributed by atoms with Crippen LogP contribution >= 0.6 is 11.3 Å². The number of hydrogen-bond donors (Lipinski definition) is 1. The van der Waals surface area contributed by atoms with Crippen LogP contribution < -0.4 is 5.73 Å². The van der Waals surface area contributed by atoms with Gasteiger partial charge in [0.05, 0.1) is 5.69 Å². The van der Waals surface area contributed by atoms with Crippen LogP contribution in [0.5, 0.6) is 0 Å². The fourth-order valence-electron chi connectivity index (χ4n) is 2.12. The predicted octanol–water partition coefficient (Wildman–Crippen LogP) is 3.45. The van der Waals surface area contributed by atoms with E-state index >= 15 is 0 Å². The maximum absolute atomic E-state index is 12.4. The van der Waals surface area contributed by atoms with Gasteiger partial charge in [-0.05, 0) is 25.5 Å². The van der Waals surface area contributed by atoms with E-state index in [0.29, 0.717) is 10.6 Å². The number of nitrogens with two attached hydrogens (primary N) is 1. The summed E-state index contributed by atoms with van der Waals surface area (Å²) in [5.41, 5.74) is 7.60. The summed E-state index contributed by atoms with van der Waals surface area (Å²) in [7, 11) is 1.83. The van der Waals surface area contributed by atoms with E-state index in [4.69, 9.17) is 5.73 Å². The Hall–Kier alpha value is -1.62. The molecule has 0 atom stereocenters. The molecular formula is C15H21N3OS. The van der Waals surface area contributed by atoms with Crippen LogP contribution in [0.3, 0.4) is 0 Å². The maximum Gasteiger partial charge on any atom is 0.265 e. The summed E-state index contributed by atoms with van der Waals surface area (Å²) < 4.78 is 0. The first-order valence-corrected chi connectivity index (χ1v) is 7.77. The van der Waals surface area contributed by atoms with Gasteiger partial charge in [-0.1, -0.05) is 19.8 Å². The number of pyridine rings is 1. The van der Waals surface area contributed by atoms with Gasteiger partial charge in [-0.15, -0.1) is 11.3 Å². The Kier molecular flexibility index (Phi) is 4.60. The number of nitrogen functional groups attached to an aromatic ring is 1. The summed E-state index contributed by atoms with van der Waals surface area (Å²) in [5, 5.41) is 0.880. The van der Waals surface area contributed by atoms with Crippen LogP contribution in [0, 0.1) is 6.92 Å². The van der Waals surface area contributed by atoms with Crippen molar-refractivity contribution in [3.05, 3.63) is 22.7 Å². The van der Waals surface area contributed by atoms with Crippen molar-refractivity contribution in [2.45, 2.75) is 33.1 Å². The van der Waals surface area contributed by atoms with Gasteiger partial charge in [-0.3, -0.25) is 4.79 Å². The van der Waals surface area contributed by atoms with Gasteiger partial charge in [-0.2, -0.15) is 0 Å². The van der Waals surface area contributed by atoms with Gasteiger partial charge in [0.2, 0.25) is 0 Å². The number of fused-ring (bicyclic) bond motifs is 1. The number of carbonyl (C=O) groups excluding carboxylic acids is 1. The Morgan fingerprint density at radius 3 is 2.85 bits per heavy atom. The lowest BCUT2D eigenvalue weighted by atomic mass is 10.2. The summed E-state index contributed by atoms with van der Waals surface area (Å²) in [5.74, 6) is -0.000689. The minimum atomic E-state index is -0.000689. The van der Waals surface area contributed by atoms with E-state index in [-0.39, 0.29) is 5.91 Å². The molecule has 2 heterocycles. The molecule has 4 nitrogen and oxygen atoms in total. The minimum absolute atomic E-state index is 0.000689. The number of hydrogen-bond acceptors (Lipinski definition) is 4. The summed E-state index contributed by atoms with van der Waals surface area (Å²) in [6.07, 6.45) is 3.32. The molecule has 0 bridgehead atoms. The molecule has 5 heteroatoms. The van der Waals surface area contributed by atoms with Crippen molar-refractivity contribution in [1.82, 2.24) is 9.88 Å². The zero-order chi connectivity index (χ0) is 14.7. The zero-order valence-corrected chi connectivity index (χ0v) is 13.1. The van der Waals surface area contributed by atoms with E-state index in [0.717, 1.165) is 41.7 Å². The van der Waals surface area contributed by atoms with Gasteiger partial charge in [0.25, 0.3) is 5.91 Å². The first kappa shape index (κ1) is 14.8. The minimum Gasteiger partial charge on any atom is -0.397 e. The lowest BCUT2D eigenvalue weighted by molar-refractivity contribution is 0.0798. The highest BCUT2D eigenvalue weighted by Crippen LogP contribution is 2.33. The molecule has 0 aliphatic carbocycles. The SMILES string of the molecule is CCCCCN(C)C(=O)c1sc2nc(C)ccc2c1N. The van der Waals surface area contributed by atoms with Crippen molar-refractivity contribution in [3.8, 4) is 0 Å². The van der Waals surface area contributed by atoms with Crippen molar-refractivity contribution in [2.75, 3.05) is 19.3 Å². The van der Waals surface area contributed by atoms with E-state index in [1.165, 1.54) is 11.3 Å². The van der Waals surface area contributed by atoms with E-state index in [1.807, 2.05) is 26.1 Å². The molecule has 0 unspecified atom stereocenters. The van der Waals surface area contributed by atoms with E-state index < -0.39 is 0 Å². The number of nitrogens with zero attached hydrogens (tertiary/aromatic N) is 2. The van der Waals surface area contributed by atoms with Crippen molar-refractivity contribution in [1.29, 1.82) is 0 Å². The topological polar surface area (TPSA) is 59.2 Å². The van der Waals surface area contributed by atoms with Crippen LogP contribution in [-0.4, -0.2) is 29.4 Å². The van der Waals surface area contributed by atoms with Crippen molar-refractivity contribution in [3.63, 3.8) is 0 Å². The Balaban J connectivity index is 2.23. The Labute approximate surface area is 123 Å². The second-order valence-corrected chi connectivity index (χ2v) is 6.08. The summed E-state index contributed by atoms with van der Waals surface area (Å²) in [6.45, 7) is 4.86. The van der Waals surface area contributed by atoms with Crippen molar-refractivity contribution < 1.29 is 4.79 Å². The fourth-order valence-corrected chi connectivity index (χ4v) is 3.26. The Bertz CT molecular complexity index is 621. The monoisotopic (exact) mass is 291 g/mol. The van der Waals surface area contributed by atoms with Gasteiger partial charge in [0, 0.05) is 24.7 Å². The molecule has 2 rings (SSSR count). The molecule has 0 aromatic carbocycles. The quantitative estimate of drug-likeness (QED) is 0.858. The van der Waals surface area contributed by atoms with E-state index in [9.17, 15) is 4.79 Å². The molecule has 0 saturated carbocycles. The number of aromatic nitrogens is 1. The molecule has 2 aromatic heterocycles. The number of rotatable bonds is 5. The van der Waals surface area contributed by atoms with Crippen LogP contribution in [0.25, 0.3) is 10.2 Å². The summed E-state index contributed by atoms with van der Waals surface area (Å²) in [4.78, 5) is 20.1. The predicted molar refractivity (Wildman–Crippen MR) is 85.3 cm³/mol. The van der Waals surface area contributed by atoms with Crippen LogP contribution in [0.4, 0.5) is 5.69 Å². The smallest absolute Gasteiger partial charge is 0.265 e. The number of carbonyl (C=O) groups is 1. The standard InChI is InChI=1S/C15H21N3OS/c1-4-5-6-9-18(3)15(19)13-12(16)11-8-7-10(2)17-14(11)20-13/h7-8H,4-6,9,16H2,1-3H3. The third-order valence-corrected chi connectivity index (χ3v) is 4.47. The van der Waals surface area contributed by atoms with Gasteiger partial charge >= 0.3 is 0 Å². The second kappa shape index (κ2) is 6.22. The molecular weight excluding hydrogens is 270 g/mol. The van der Waals surface area contributed by atoms with Crippen LogP contribution in [0.1, 0.15) is 41.6 Å². The first-order valence-electron chi connectivity index (χ1n) is 6.95. The van der Waals surface area contributed by atoms with Crippen molar-refractivity contribution >= 4 is 33.1 Å². The summed E-state index contributed by atoms with van der Waals surface area (Å²) in [6, 6.07) is 3.86. The number of anilines is 1. The molecule has 0 fully saturated rings. The molecule has 2 aromatic rings. The highest BCUT2D eigenvalue weighted by atomic mass is 32.1. The molecule has 20 heavy (non-hydrogen) atoms. The molecule has 1 amide bonds. The molecule has 0 spiro atoms. The molecule has 0 radical (unpaired) electrons. The van der Waals surface area contributed by atoms with Crippen LogP contribution in [0.2, 0.25) is 0 Å². The average molecular weight is 291 g/mol. The van der Waals surface area contributed by atoms with E-state index in [2.05, 4.69) is 11.9 Å². The summed E-state index contributed by atoms with van der Waals surface area (Å²) >= 11 is 1.39. The fraction of sp³-hybridized carbons (Fsp3) is 0.467. The third-order valence-electron chi connectivity index (χ3n) is 3.37. The molecule has 0 saturated heterocycles. The Morgan fingerprint density at radius 2 is 2.15 bits per heavy atom. The maximum atomic E-state index is 12.4. The number of unbranched alkanes of at least 4 members (excludes halogenated alkanes) is 2. The average Bonchev–Trinajstić information content (AvgIpc) is 2.74. The van der Waals surface area contributed by atoms with Crippen molar-refractivity contribution in [2.24, 2.45) is 0 Å². The highest BCUT2D eigenvalue weighted by Gasteiger charge is 2.20. The largest absolute Gasteiger partial charge is 0.397 e. The molecule has 0 aliphatic heterocycles. The van der Waals surface area contributed by atoms with E-state index in [1.54, 1.807) is 4.90 Å². The number of aryl methyl sites for hydroxylation is 1. The highest BCUT2D eigenvalue weighted by molar-refractivity contribution is 7.21. The van der Waals surface area contributed by atoms with Gasteiger partial charge < -0.3 is 10.6 Å². The van der Waals surface area contributed by atoms with Crippen LogP contribution in [-0.2, 0) is 0 Å². The second-order valence-electron chi connectivity index (χ2n) is 5.08. The molecule has 2 N–H and O–H groups in total. The van der Waals surface area contributed by atoms with Gasteiger partial charge in [-0.25, -0.2) is 4.98 Å². The first-order chi connectivity index (χ1) is 9.54. The lowest BCUT2D eigenvalue weighted by Gasteiger charge is -2.16. The zero-order valence-electron chi connectivity index (χ0n) is 12.3. The normalized spacial score (nSPS) is 10.9. The van der Waals surface area contributed by atoms with Gasteiger partial charge in [0.1, 0.15) is 9.71 Å². The number of amides is 1. The van der Waals surface area contributed by atoms with Crippen LogP contribution in [0.15, 0.2) is 12.1 Å². The number of thiophene rings is 1.